The molecule has 1 aromatic heterocycles. The highest BCUT2D eigenvalue weighted by molar-refractivity contribution is 5.90. The number of carbonyl (C=O) groups is 1. The summed E-state index contributed by atoms with van der Waals surface area (Å²) in [6.07, 6.45) is -3.40. The number of hydrogen-bond donors (Lipinski definition) is 1. The third-order valence-corrected chi connectivity index (χ3v) is 2.68. The normalized spacial score (nSPS) is 11.4. The minimum Gasteiger partial charge on any atom is -0.477 e. The van der Waals surface area contributed by atoms with Crippen molar-refractivity contribution < 1.29 is 27.8 Å². The van der Waals surface area contributed by atoms with Crippen molar-refractivity contribution in [1.29, 1.82) is 0 Å². The van der Waals surface area contributed by atoms with Crippen LogP contribution in [0.25, 0.3) is 0 Å². The molecule has 0 saturated heterocycles. The third-order valence-electron chi connectivity index (χ3n) is 2.68. The highest BCUT2D eigenvalue weighted by atomic mass is 19.4. The Morgan fingerprint density at radius 2 is 2.05 bits per heavy atom. The molecular formula is C13H11F3N2O3. The Morgan fingerprint density at radius 3 is 2.62 bits per heavy atom. The lowest BCUT2D eigenvalue weighted by molar-refractivity contribution is -0.138. The summed E-state index contributed by atoms with van der Waals surface area (Å²) in [6.45, 7) is 2.08. The predicted molar refractivity (Wildman–Crippen MR) is 66.4 cm³/mol. The molecule has 2 aromatic rings. The SMILES string of the molecule is CCn1cc(C(=O)O)c(Oc2ccccc2C(F)(F)F)n1. The van der Waals surface area contributed by atoms with Crippen molar-refractivity contribution in [2.75, 3.05) is 0 Å². The molecule has 0 saturated carbocycles. The van der Waals surface area contributed by atoms with Gasteiger partial charge in [0.2, 0.25) is 0 Å². The van der Waals surface area contributed by atoms with Crippen molar-refractivity contribution in [2.24, 2.45) is 0 Å². The van der Waals surface area contributed by atoms with Crippen molar-refractivity contribution in [3.63, 3.8) is 0 Å². The van der Waals surface area contributed by atoms with Crippen LogP contribution in [-0.2, 0) is 12.7 Å². The van der Waals surface area contributed by atoms with Crippen LogP contribution in [0.3, 0.4) is 0 Å². The highest BCUT2D eigenvalue weighted by Gasteiger charge is 2.34. The minimum absolute atomic E-state index is 0.297. The number of aromatic nitrogens is 2. The van der Waals surface area contributed by atoms with Gasteiger partial charge >= 0.3 is 12.1 Å². The van der Waals surface area contributed by atoms with E-state index in [0.717, 1.165) is 12.1 Å². The topological polar surface area (TPSA) is 64.4 Å². The minimum atomic E-state index is -4.60. The smallest absolute Gasteiger partial charge is 0.419 e. The second-order valence-electron chi connectivity index (χ2n) is 4.10. The van der Waals surface area contributed by atoms with Gasteiger partial charge in [-0.1, -0.05) is 12.1 Å². The molecular weight excluding hydrogens is 289 g/mol. The van der Waals surface area contributed by atoms with Gasteiger partial charge in [0.25, 0.3) is 5.88 Å². The van der Waals surface area contributed by atoms with E-state index in [4.69, 9.17) is 9.84 Å². The van der Waals surface area contributed by atoms with E-state index in [2.05, 4.69) is 5.10 Å². The lowest BCUT2D eigenvalue weighted by Crippen LogP contribution is -2.07. The van der Waals surface area contributed by atoms with E-state index < -0.39 is 23.5 Å². The van der Waals surface area contributed by atoms with E-state index in [9.17, 15) is 18.0 Å². The zero-order valence-corrected chi connectivity index (χ0v) is 10.9. The van der Waals surface area contributed by atoms with Crippen molar-refractivity contribution in [3.8, 4) is 11.6 Å². The number of carboxylic acid groups (broad SMARTS) is 1. The maximum absolute atomic E-state index is 12.9. The van der Waals surface area contributed by atoms with E-state index in [1.165, 1.54) is 23.0 Å². The number of para-hydroxylation sites is 1. The van der Waals surface area contributed by atoms with Crippen LogP contribution in [0.4, 0.5) is 13.2 Å². The molecule has 0 fully saturated rings. The maximum Gasteiger partial charge on any atom is 0.419 e. The zero-order valence-electron chi connectivity index (χ0n) is 10.9. The summed E-state index contributed by atoms with van der Waals surface area (Å²) in [5, 5.41) is 12.8. The Bertz CT molecular complexity index is 665. The Hall–Kier alpha value is -2.51. The third kappa shape index (κ3) is 3.15. The number of benzene rings is 1. The number of alkyl halides is 3. The number of rotatable bonds is 4. The zero-order chi connectivity index (χ0) is 15.6. The van der Waals surface area contributed by atoms with E-state index in [1.807, 2.05) is 0 Å². The second kappa shape index (κ2) is 5.47. The van der Waals surface area contributed by atoms with Gasteiger partial charge in [-0.25, -0.2) is 4.79 Å². The summed E-state index contributed by atoms with van der Waals surface area (Å²) in [4.78, 5) is 11.1. The van der Waals surface area contributed by atoms with Gasteiger partial charge in [0.1, 0.15) is 11.3 Å². The molecule has 0 radical (unpaired) electrons. The summed E-state index contributed by atoms with van der Waals surface area (Å²) in [7, 11) is 0. The largest absolute Gasteiger partial charge is 0.477 e. The molecule has 0 unspecified atom stereocenters. The van der Waals surface area contributed by atoms with Crippen LogP contribution in [-0.4, -0.2) is 20.9 Å². The van der Waals surface area contributed by atoms with Gasteiger partial charge in [-0.2, -0.15) is 13.2 Å². The van der Waals surface area contributed by atoms with Gasteiger partial charge in [0.15, 0.2) is 0 Å². The lowest BCUT2D eigenvalue weighted by Gasteiger charge is -2.12. The quantitative estimate of drug-likeness (QED) is 0.939. The number of aryl methyl sites for hydroxylation is 1. The molecule has 1 heterocycles. The fraction of sp³-hybridized carbons (Fsp3) is 0.231. The molecule has 112 valence electrons. The van der Waals surface area contributed by atoms with Gasteiger partial charge in [0.05, 0.1) is 5.56 Å². The standard InChI is InChI=1S/C13H11F3N2O3/c1-2-18-7-8(12(19)20)11(17-18)21-10-6-4-3-5-9(10)13(14,15)16/h3-7H,2H2,1H3,(H,19,20). The molecule has 1 aromatic carbocycles. The molecule has 8 heteroatoms. The van der Waals surface area contributed by atoms with Gasteiger partial charge < -0.3 is 9.84 Å². The predicted octanol–water partition coefficient (Wildman–Crippen LogP) is 3.41. The van der Waals surface area contributed by atoms with Gasteiger partial charge in [-0.3, -0.25) is 4.68 Å². The molecule has 0 aliphatic carbocycles. The number of carboxylic acids is 1. The molecule has 5 nitrogen and oxygen atoms in total. The molecule has 0 aliphatic heterocycles. The molecule has 0 spiro atoms. The van der Waals surface area contributed by atoms with Gasteiger partial charge in [-0.15, -0.1) is 5.10 Å². The molecule has 0 amide bonds. The molecule has 2 rings (SSSR count). The molecule has 0 aliphatic rings. The van der Waals surface area contributed by atoms with Crippen LogP contribution in [0.15, 0.2) is 30.5 Å². The van der Waals surface area contributed by atoms with Gasteiger partial charge in [-0.05, 0) is 19.1 Å². The Kier molecular flexibility index (Phi) is 3.88. The van der Waals surface area contributed by atoms with Crippen LogP contribution >= 0.6 is 0 Å². The van der Waals surface area contributed by atoms with Crippen LogP contribution in [0.5, 0.6) is 11.6 Å². The summed E-state index contributed by atoms with van der Waals surface area (Å²) in [5.74, 6) is -2.19. The molecule has 21 heavy (non-hydrogen) atoms. The number of ether oxygens (including phenoxy) is 1. The first-order chi connectivity index (χ1) is 9.82. The molecule has 0 bridgehead atoms. The number of aromatic carboxylic acids is 1. The van der Waals surface area contributed by atoms with Crippen LogP contribution in [0, 0.1) is 0 Å². The van der Waals surface area contributed by atoms with Crippen molar-refractivity contribution in [2.45, 2.75) is 19.6 Å². The number of hydrogen-bond acceptors (Lipinski definition) is 3. The van der Waals surface area contributed by atoms with Crippen LogP contribution in [0.2, 0.25) is 0 Å². The number of halogens is 3. The first-order valence-electron chi connectivity index (χ1n) is 5.97. The summed E-state index contributed by atoms with van der Waals surface area (Å²) < 4.78 is 44.9. The summed E-state index contributed by atoms with van der Waals surface area (Å²) in [5.41, 5.74) is -1.29. The fourth-order valence-electron chi connectivity index (χ4n) is 1.68. The van der Waals surface area contributed by atoms with Crippen LogP contribution in [0.1, 0.15) is 22.8 Å². The van der Waals surface area contributed by atoms with Crippen molar-refractivity contribution in [3.05, 3.63) is 41.6 Å². The second-order valence-corrected chi connectivity index (χ2v) is 4.10. The van der Waals surface area contributed by atoms with Crippen LogP contribution < -0.4 is 4.74 Å². The van der Waals surface area contributed by atoms with Gasteiger partial charge in [0, 0.05) is 12.7 Å². The monoisotopic (exact) mass is 300 g/mol. The molecule has 0 atom stereocenters. The summed E-state index contributed by atoms with van der Waals surface area (Å²) in [6, 6.07) is 4.55. The number of nitrogens with zero attached hydrogens (tertiary/aromatic N) is 2. The average Bonchev–Trinajstić information content (AvgIpc) is 2.81. The average molecular weight is 300 g/mol. The van der Waals surface area contributed by atoms with E-state index in [-0.39, 0.29) is 11.4 Å². The van der Waals surface area contributed by atoms with E-state index in [1.54, 1.807) is 6.92 Å². The Balaban J connectivity index is 2.44. The Labute approximate surface area is 117 Å². The highest BCUT2D eigenvalue weighted by Crippen LogP contribution is 2.38. The van der Waals surface area contributed by atoms with E-state index in [0.29, 0.717) is 6.54 Å². The first-order valence-corrected chi connectivity index (χ1v) is 5.97. The van der Waals surface area contributed by atoms with Crippen molar-refractivity contribution in [1.82, 2.24) is 9.78 Å². The lowest BCUT2D eigenvalue weighted by atomic mass is 10.2. The summed E-state index contributed by atoms with van der Waals surface area (Å²) >= 11 is 0. The first kappa shape index (κ1) is 14.9. The maximum atomic E-state index is 12.9. The van der Waals surface area contributed by atoms with E-state index >= 15 is 0 Å². The molecule has 1 N–H and O–H groups in total. The fourth-order valence-corrected chi connectivity index (χ4v) is 1.68. The Morgan fingerprint density at radius 1 is 1.38 bits per heavy atom. The van der Waals surface area contributed by atoms with Crippen molar-refractivity contribution >= 4 is 5.97 Å².